The molecule has 0 spiro atoms. The molecule has 0 unspecified atom stereocenters. The second-order valence-electron chi connectivity index (χ2n) is 6.87. The van der Waals surface area contributed by atoms with Gasteiger partial charge in [0.2, 0.25) is 0 Å². The SMILES string of the molecule is Cc1cc2c(cc1/N=C(\N)c1c(O)c(C3=CC=CCC=C3)nn1C)CNC2. The van der Waals surface area contributed by atoms with Crippen molar-refractivity contribution in [3.05, 3.63) is 70.6 Å². The van der Waals surface area contributed by atoms with Crippen LogP contribution in [-0.4, -0.2) is 20.7 Å². The lowest BCUT2D eigenvalue weighted by molar-refractivity contribution is 0.471. The quantitative estimate of drug-likeness (QED) is 0.579. The molecule has 4 rings (SSSR count). The normalized spacial score (nSPS) is 16.4. The maximum Gasteiger partial charge on any atom is 0.173 e. The summed E-state index contributed by atoms with van der Waals surface area (Å²) in [6.45, 7) is 3.75. The number of hydrogen-bond donors (Lipinski definition) is 3. The summed E-state index contributed by atoms with van der Waals surface area (Å²) in [4.78, 5) is 4.60. The van der Waals surface area contributed by atoms with Crippen molar-refractivity contribution in [1.29, 1.82) is 0 Å². The largest absolute Gasteiger partial charge is 0.504 e. The van der Waals surface area contributed by atoms with Gasteiger partial charge in [-0.05, 0) is 36.1 Å². The van der Waals surface area contributed by atoms with Gasteiger partial charge in [-0.2, -0.15) is 5.10 Å². The highest BCUT2D eigenvalue weighted by molar-refractivity contribution is 6.01. The number of nitrogens with one attached hydrogen (secondary N) is 1. The van der Waals surface area contributed by atoms with Gasteiger partial charge < -0.3 is 16.2 Å². The van der Waals surface area contributed by atoms with Gasteiger partial charge in [-0.3, -0.25) is 4.68 Å². The third kappa shape index (κ3) is 3.19. The molecule has 0 bridgehead atoms. The summed E-state index contributed by atoms with van der Waals surface area (Å²) >= 11 is 0. The highest BCUT2D eigenvalue weighted by Crippen LogP contribution is 2.31. The fourth-order valence-corrected chi connectivity index (χ4v) is 3.50. The van der Waals surface area contributed by atoms with Gasteiger partial charge in [0.05, 0.1) is 5.69 Å². The van der Waals surface area contributed by atoms with Crippen molar-refractivity contribution in [3.8, 4) is 5.75 Å². The topological polar surface area (TPSA) is 88.5 Å². The zero-order chi connectivity index (χ0) is 19.0. The predicted octanol–water partition coefficient (Wildman–Crippen LogP) is 2.97. The van der Waals surface area contributed by atoms with Crippen LogP contribution in [0.15, 0.2) is 47.5 Å². The summed E-state index contributed by atoms with van der Waals surface area (Å²) in [5.41, 5.74) is 12.5. The number of benzene rings is 1. The van der Waals surface area contributed by atoms with Crippen LogP contribution in [0.25, 0.3) is 5.57 Å². The van der Waals surface area contributed by atoms with Crippen molar-refractivity contribution in [1.82, 2.24) is 15.1 Å². The molecule has 0 atom stereocenters. The second kappa shape index (κ2) is 6.89. The van der Waals surface area contributed by atoms with Crippen LogP contribution < -0.4 is 11.1 Å². The van der Waals surface area contributed by atoms with E-state index >= 15 is 0 Å². The van der Waals surface area contributed by atoms with Gasteiger partial charge in [-0.1, -0.05) is 36.4 Å². The number of nitrogens with two attached hydrogens (primary N) is 1. The van der Waals surface area contributed by atoms with Gasteiger partial charge in [-0.15, -0.1) is 0 Å². The third-order valence-electron chi connectivity index (χ3n) is 4.91. The predicted molar refractivity (Wildman–Crippen MR) is 108 cm³/mol. The Morgan fingerprint density at radius 1 is 1.26 bits per heavy atom. The Hall–Kier alpha value is -3.12. The van der Waals surface area contributed by atoms with Crippen molar-refractivity contribution in [2.75, 3.05) is 0 Å². The molecular weight excluding hydrogens is 338 g/mol. The van der Waals surface area contributed by atoms with E-state index in [0.717, 1.165) is 36.3 Å². The van der Waals surface area contributed by atoms with Crippen LogP contribution in [-0.2, 0) is 20.1 Å². The lowest BCUT2D eigenvalue weighted by Gasteiger charge is -2.07. The molecule has 6 heteroatoms. The fraction of sp³-hybridized carbons (Fsp3) is 0.238. The first kappa shape index (κ1) is 17.3. The van der Waals surface area contributed by atoms with E-state index in [2.05, 4.69) is 27.5 Å². The Morgan fingerprint density at radius 2 is 2.04 bits per heavy atom. The Kier molecular flexibility index (Phi) is 4.41. The average molecular weight is 361 g/mol. The molecule has 4 N–H and O–H groups in total. The number of aromatic hydroxyl groups is 1. The maximum absolute atomic E-state index is 10.8. The van der Waals surface area contributed by atoms with E-state index in [-0.39, 0.29) is 11.6 Å². The molecule has 0 saturated carbocycles. The Bertz CT molecular complexity index is 1020. The molecule has 1 aliphatic heterocycles. The first-order valence-corrected chi connectivity index (χ1v) is 9.02. The number of allylic oxidation sites excluding steroid dienone is 6. The van der Waals surface area contributed by atoms with E-state index in [4.69, 9.17) is 5.73 Å². The lowest BCUT2D eigenvalue weighted by atomic mass is 10.1. The molecule has 2 heterocycles. The van der Waals surface area contributed by atoms with Gasteiger partial charge >= 0.3 is 0 Å². The summed E-state index contributed by atoms with van der Waals surface area (Å²) in [6, 6.07) is 4.21. The molecule has 27 heavy (non-hydrogen) atoms. The number of aryl methyl sites for hydroxylation is 2. The van der Waals surface area contributed by atoms with Gasteiger partial charge in [0.25, 0.3) is 0 Å². The molecule has 2 aromatic rings. The number of nitrogens with zero attached hydrogens (tertiary/aromatic N) is 3. The highest BCUT2D eigenvalue weighted by atomic mass is 16.3. The summed E-state index contributed by atoms with van der Waals surface area (Å²) in [7, 11) is 1.76. The van der Waals surface area contributed by atoms with E-state index < -0.39 is 0 Å². The smallest absolute Gasteiger partial charge is 0.173 e. The standard InChI is InChI=1S/C21H23N5O/c1-13-9-15-11-23-12-16(15)10-17(13)24-21(22)19-20(27)18(25-26(19)2)14-7-5-3-4-6-8-14/h3,5-10,23,27H,4,11-12H2,1-2H3,(H2,22,24). The van der Waals surface area contributed by atoms with Crippen molar-refractivity contribution in [3.63, 3.8) is 0 Å². The number of hydrogen-bond acceptors (Lipinski definition) is 4. The van der Waals surface area contributed by atoms with Crippen molar-refractivity contribution in [2.45, 2.75) is 26.4 Å². The van der Waals surface area contributed by atoms with Crippen molar-refractivity contribution < 1.29 is 5.11 Å². The van der Waals surface area contributed by atoms with Crippen LogP contribution in [0.4, 0.5) is 5.69 Å². The van der Waals surface area contributed by atoms with Crippen LogP contribution in [0.5, 0.6) is 5.75 Å². The van der Waals surface area contributed by atoms with E-state index in [1.54, 1.807) is 11.7 Å². The third-order valence-corrected chi connectivity index (χ3v) is 4.91. The lowest BCUT2D eigenvalue weighted by Crippen LogP contribution is -2.17. The molecule has 1 aromatic heterocycles. The van der Waals surface area contributed by atoms with Crippen LogP contribution in [0.1, 0.15) is 34.5 Å². The minimum Gasteiger partial charge on any atom is -0.504 e. The highest BCUT2D eigenvalue weighted by Gasteiger charge is 2.21. The Labute approximate surface area is 158 Å². The first-order chi connectivity index (χ1) is 13.0. The van der Waals surface area contributed by atoms with Gasteiger partial charge in [0.1, 0.15) is 11.4 Å². The van der Waals surface area contributed by atoms with E-state index in [9.17, 15) is 5.11 Å². The van der Waals surface area contributed by atoms with E-state index in [1.165, 1.54) is 11.1 Å². The van der Waals surface area contributed by atoms with Gasteiger partial charge in [0, 0.05) is 25.7 Å². The summed E-state index contributed by atoms with van der Waals surface area (Å²) < 4.78 is 1.58. The van der Waals surface area contributed by atoms with E-state index in [1.807, 2.05) is 37.3 Å². The molecule has 1 aliphatic carbocycles. The summed E-state index contributed by atoms with van der Waals surface area (Å²) in [6.07, 6.45) is 10.8. The minimum atomic E-state index is 0.0467. The number of amidine groups is 1. The van der Waals surface area contributed by atoms with Crippen LogP contribution >= 0.6 is 0 Å². The summed E-state index contributed by atoms with van der Waals surface area (Å²) in [5.74, 6) is 0.293. The molecule has 138 valence electrons. The minimum absolute atomic E-state index is 0.0467. The molecule has 6 nitrogen and oxygen atoms in total. The van der Waals surface area contributed by atoms with E-state index in [0.29, 0.717) is 11.4 Å². The van der Waals surface area contributed by atoms with Gasteiger partial charge in [0.15, 0.2) is 11.6 Å². The van der Waals surface area contributed by atoms with Gasteiger partial charge in [-0.25, -0.2) is 4.99 Å². The molecule has 0 radical (unpaired) electrons. The van der Waals surface area contributed by atoms with Crippen molar-refractivity contribution in [2.24, 2.45) is 17.8 Å². The Morgan fingerprint density at radius 3 is 2.85 bits per heavy atom. The molecule has 1 aromatic carbocycles. The molecule has 0 saturated heterocycles. The number of fused-ring (bicyclic) bond motifs is 1. The maximum atomic E-state index is 10.8. The second-order valence-corrected chi connectivity index (χ2v) is 6.87. The zero-order valence-electron chi connectivity index (χ0n) is 15.5. The zero-order valence-corrected chi connectivity index (χ0v) is 15.5. The number of aliphatic imine (C=N–C) groups is 1. The summed E-state index contributed by atoms with van der Waals surface area (Å²) in [5, 5.41) is 18.6. The monoisotopic (exact) mass is 361 g/mol. The van der Waals surface area contributed by atoms with Crippen LogP contribution in [0.2, 0.25) is 0 Å². The van der Waals surface area contributed by atoms with Crippen LogP contribution in [0.3, 0.4) is 0 Å². The van der Waals surface area contributed by atoms with Crippen molar-refractivity contribution >= 4 is 17.1 Å². The first-order valence-electron chi connectivity index (χ1n) is 9.02. The molecule has 0 fully saturated rings. The fourth-order valence-electron chi connectivity index (χ4n) is 3.50. The Balaban J connectivity index is 1.75. The molecular formula is C21H23N5O. The number of aromatic nitrogens is 2. The molecule has 2 aliphatic rings. The average Bonchev–Trinajstić information content (AvgIpc) is 3.08. The van der Waals surface area contributed by atoms with Crippen LogP contribution in [0, 0.1) is 6.92 Å². The molecule has 0 amide bonds. The number of rotatable bonds is 3.